The average Bonchev–Trinajstić information content (AvgIpc) is 2.73. The summed E-state index contributed by atoms with van der Waals surface area (Å²) in [5.41, 5.74) is 1.13. The van der Waals surface area contributed by atoms with Gasteiger partial charge in [0.05, 0.1) is 13.7 Å². The number of ether oxygens (including phenoxy) is 1. The van der Waals surface area contributed by atoms with E-state index in [4.69, 9.17) is 9.94 Å². The summed E-state index contributed by atoms with van der Waals surface area (Å²) in [5.74, 6) is 0.769. The van der Waals surface area contributed by atoms with Crippen LogP contribution in [-0.2, 0) is 25.1 Å². The number of benzene rings is 1. The molecule has 6 heteroatoms. The van der Waals surface area contributed by atoms with E-state index in [-0.39, 0.29) is 12.4 Å². The molecule has 0 amide bonds. The molecule has 0 saturated carbocycles. The second-order valence-electron chi connectivity index (χ2n) is 3.94. The first-order valence-corrected chi connectivity index (χ1v) is 5.65. The minimum Gasteiger partial charge on any atom is -1.00 e. The van der Waals surface area contributed by atoms with Gasteiger partial charge in [-0.2, -0.15) is 0 Å². The maximum absolute atomic E-state index is 8.59. The van der Waals surface area contributed by atoms with Crippen molar-refractivity contribution in [3.05, 3.63) is 54.1 Å². The van der Waals surface area contributed by atoms with Crippen molar-refractivity contribution in [2.24, 2.45) is 12.2 Å². The maximum Gasteiger partial charge on any atom is 0.305 e. The summed E-state index contributed by atoms with van der Waals surface area (Å²) < 4.78 is 9.33. The predicted molar refractivity (Wildman–Crippen MR) is 66.2 cm³/mol. The number of halogens is 1. The van der Waals surface area contributed by atoms with Gasteiger partial charge in [-0.25, -0.2) is 9.13 Å². The van der Waals surface area contributed by atoms with Crippen LogP contribution >= 0.6 is 0 Å². The van der Waals surface area contributed by atoms with Crippen LogP contribution < -0.4 is 17.0 Å². The fraction of sp³-hybridized carbons (Fsp3) is 0.231. The van der Waals surface area contributed by atoms with E-state index in [0.717, 1.165) is 11.4 Å². The highest BCUT2D eigenvalue weighted by Crippen LogP contribution is 2.02. The third-order valence-corrected chi connectivity index (χ3v) is 2.64. The molecule has 2 rings (SSSR count). The maximum atomic E-state index is 8.59. The van der Waals surface area contributed by atoms with Crippen molar-refractivity contribution in [1.82, 2.24) is 4.57 Å². The minimum absolute atomic E-state index is 0. The molecule has 1 aromatic carbocycles. The summed E-state index contributed by atoms with van der Waals surface area (Å²) in [5, 5.41) is 11.6. The number of nitrogens with zero attached hydrogens (tertiary/aromatic N) is 3. The van der Waals surface area contributed by atoms with Crippen LogP contribution in [0.15, 0.2) is 47.9 Å². The number of hydrogen-bond donors (Lipinski definition) is 1. The molecule has 0 aliphatic rings. The zero-order valence-corrected chi connectivity index (χ0v) is 11.4. The van der Waals surface area contributed by atoms with Gasteiger partial charge in [0.15, 0.2) is 12.9 Å². The lowest BCUT2D eigenvalue weighted by atomic mass is 10.2. The van der Waals surface area contributed by atoms with Crippen LogP contribution in [0.25, 0.3) is 0 Å². The second-order valence-corrected chi connectivity index (χ2v) is 3.94. The lowest BCUT2D eigenvalue weighted by Crippen LogP contribution is -3.00. The Labute approximate surface area is 118 Å². The molecule has 1 N–H and O–H groups in total. The van der Waals surface area contributed by atoms with E-state index in [1.807, 2.05) is 58.9 Å². The van der Waals surface area contributed by atoms with Crippen LogP contribution in [0.2, 0.25) is 0 Å². The number of aryl methyl sites for hydroxylation is 1. The molecule has 0 fully saturated rings. The SMILES string of the molecule is C[n+]1ccn(COCc2ccccc2)c1/C=N/O.[Cl-]. The molecule has 0 aliphatic heterocycles. The molecule has 0 spiro atoms. The van der Waals surface area contributed by atoms with E-state index in [1.165, 1.54) is 6.21 Å². The van der Waals surface area contributed by atoms with Crippen molar-refractivity contribution in [2.45, 2.75) is 13.3 Å². The number of imidazole rings is 1. The summed E-state index contributed by atoms with van der Waals surface area (Å²) in [6.45, 7) is 0.968. The molecular formula is C13H16ClN3O2. The molecule has 0 atom stereocenters. The van der Waals surface area contributed by atoms with Crippen LogP contribution in [0.5, 0.6) is 0 Å². The van der Waals surface area contributed by atoms with Crippen molar-refractivity contribution in [2.75, 3.05) is 0 Å². The molecule has 5 nitrogen and oxygen atoms in total. The molecule has 19 heavy (non-hydrogen) atoms. The van der Waals surface area contributed by atoms with Crippen LogP contribution in [0, 0.1) is 0 Å². The average molecular weight is 282 g/mol. The van der Waals surface area contributed by atoms with E-state index >= 15 is 0 Å². The normalized spacial score (nSPS) is 10.6. The first-order chi connectivity index (χ1) is 8.81. The van der Waals surface area contributed by atoms with E-state index in [1.54, 1.807) is 0 Å². The summed E-state index contributed by atoms with van der Waals surface area (Å²) >= 11 is 0. The summed E-state index contributed by atoms with van der Waals surface area (Å²) in [4.78, 5) is 0. The Kier molecular flexibility index (Phi) is 6.05. The van der Waals surface area contributed by atoms with Gasteiger partial charge >= 0.3 is 5.82 Å². The van der Waals surface area contributed by atoms with Gasteiger partial charge < -0.3 is 22.4 Å². The van der Waals surface area contributed by atoms with Crippen molar-refractivity contribution in [3.63, 3.8) is 0 Å². The van der Waals surface area contributed by atoms with Crippen molar-refractivity contribution in [3.8, 4) is 0 Å². The zero-order valence-electron chi connectivity index (χ0n) is 10.6. The zero-order chi connectivity index (χ0) is 12.8. The first-order valence-electron chi connectivity index (χ1n) is 5.65. The Morgan fingerprint density at radius 3 is 2.79 bits per heavy atom. The largest absolute Gasteiger partial charge is 1.00 e. The summed E-state index contributed by atoms with van der Waals surface area (Å²) in [6.07, 6.45) is 5.14. The van der Waals surface area contributed by atoms with Crippen LogP contribution in [0.1, 0.15) is 11.4 Å². The third-order valence-electron chi connectivity index (χ3n) is 2.64. The van der Waals surface area contributed by atoms with E-state index < -0.39 is 0 Å². The number of aromatic nitrogens is 2. The van der Waals surface area contributed by atoms with Crippen molar-refractivity contribution in [1.29, 1.82) is 0 Å². The van der Waals surface area contributed by atoms with Gasteiger partial charge in [0.1, 0.15) is 12.4 Å². The molecule has 102 valence electrons. The molecule has 1 heterocycles. The quantitative estimate of drug-likeness (QED) is 0.307. The Hall–Kier alpha value is -1.85. The minimum atomic E-state index is 0. The van der Waals surface area contributed by atoms with E-state index in [9.17, 15) is 0 Å². The van der Waals surface area contributed by atoms with Crippen molar-refractivity contribution >= 4 is 6.21 Å². The number of oxime groups is 1. The Bertz CT molecular complexity index is 526. The number of hydrogen-bond acceptors (Lipinski definition) is 3. The van der Waals surface area contributed by atoms with Gasteiger partial charge in [-0.05, 0) is 5.56 Å². The van der Waals surface area contributed by atoms with E-state index in [0.29, 0.717) is 13.3 Å². The molecule has 0 bridgehead atoms. The Balaban J connectivity index is 0.00000180. The fourth-order valence-electron chi connectivity index (χ4n) is 1.70. The first kappa shape index (κ1) is 15.2. The van der Waals surface area contributed by atoms with Gasteiger partial charge in [-0.15, -0.1) is 0 Å². The molecule has 0 aliphatic carbocycles. The van der Waals surface area contributed by atoms with Crippen molar-refractivity contribution < 1.29 is 26.9 Å². The fourth-order valence-corrected chi connectivity index (χ4v) is 1.70. The highest BCUT2D eigenvalue weighted by Gasteiger charge is 2.11. The molecule has 0 unspecified atom stereocenters. The van der Waals surface area contributed by atoms with Gasteiger partial charge in [-0.3, -0.25) is 0 Å². The van der Waals surface area contributed by atoms with E-state index in [2.05, 4.69) is 5.16 Å². The molecular weight excluding hydrogens is 266 g/mol. The molecule has 1 aromatic heterocycles. The second kappa shape index (κ2) is 7.56. The topological polar surface area (TPSA) is 50.6 Å². The summed E-state index contributed by atoms with van der Waals surface area (Å²) in [6, 6.07) is 9.99. The Morgan fingerprint density at radius 1 is 1.37 bits per heavy atom. The highest BCUT2D eigenvalue weighted by atomic mass is 35.5. The molecule has 0 saturated heterocycles. The van der Waals surface area contributed by atoms with Crippen LogP contribution in [0.4, 0.5) is 0 Å². The highest BCUT2D eigenvalue weighted by molar-refractivity contribution is 5.72. The lowest BCUT2D eigenvalue weighted by Gasteiger charge is -2.02. The van der Waals surface area contributed by atoms with Gasteiger partial charge in [-0.1, -0.05) is 35.5 Å². The van der Waals surface area contributed by atoms with Gasteiger partial charge in [0.25, 0.3) is 0 Å². The smallest absolute Gasteiger partial charge is 0.305 e. The van der Waals surface area contributed by atoms with Gasteiger partial charge in [0.2, 0.25) is 0 Å². The van der Waals surface area contributed by atoms with Crippen LogP contribution in [-0.4, -0.2) is 16.0 Å². The Morgan fingerprint density at radius 2 is 2.11 bits per heavy atom. The summed E-state index contributed by atoms with van der Waals surface area (Å²) in [7, 11) is 1.88. The van der Waals surface area contributed by atoms with Gasteiger partial charge in [0, 0.05) is 0 Å². The lowest BCUT2D eigenvalue weighted by molar-refractivity contribution is -0.672. The molecule has 2 aromatic rings. The standard InChI is InChI=1S/C13H15N3O2.ClH/c1-15-7-8-16(13(15)9-14-17)11-18-10-12-5-3-2-4-6-12;/h2-9H,10-11H2,1H3;1H. The van der Waals surface area contributed by atoms with Crippen LogP contribution in [0.3, 0.4) is 0 Å². The third kappa shape index (κ3) is 4.08. The molecule has 0 radical (unpaired) electrons. The predicted octanol–water partition coefficient (Wildman–Crippen LogP) is -1.70. The monoisotopic (exact) mass is 281 g/mol. The number of rotatable bonds is 5.